The van der Waals surface area contributed by atoms with Crippen LogP contribution in [0.2, 0.25) is 0 Å². The zero-order valence-corrected chi connectivity index (χ0v) is 27.1. The van der Waals surface area contributed by atoms with Gasteiger partial charge in [-0.1, -0.05) is 109 Å². The van der Waals surface area contributed by atoms with Crippen molar-refractivity contribution in [2.45, 2.75) is 0 Å². The maximum atomic E-state index is 5.97. The maximum Gasteiger partial charge on any atom is 0.227 e. The van der Waals surface area contributed by atoms with Gasteiger partial charge in [0.25, 0.3) is 0 Å². The number of aromatic nitrogens is 2. The fourth-order valence-corrected chi connectivity index (χ4v) is 7.45. The van der Waals surface area contributed by atoms with Crippen molar-refractivity contribution in [3.63, 3.8) is 0 Å². The van der Waals surface area contributed by atoms with Gasteiger partial charge in [0, 0.05) is 33.4 Å². The van der Waals surface area contributed by atoms with E-state index in [1.807, 2.05) is 12.1 Å². The molecule has 0 aliphatic rings. The smallest absolute Gasteiger partial charge is 0.227 e. The van der Waals surface area contributed by atoms with Crippen molar-refractivity contribution >= 4 is 43.9 Å². The fourth-order valence-electron chi connectivity index (χ4n) is 7.45. The predicted molar refractivity (Wildman–Crippen MR) is 208 cm³/mol. The molecule has 7 aromatic carbocycles. The largest absolute Gasteiger partial charge is 0.438 e. The van der Waals surface area contributed by atoms with Gasteiger partial charge < -0.3 is 8.98 Å². The molecule has 3 heteroatoms. The van der Waals surface area contributed by atoms with Crippen LogP contribution in [0.5, 0.6) is 0 Å². The summed E-state index contributed by atoms with van der Waals surface area (Å²) in [5.74, 6) is 0. The van der Waals surface area contributed by atoms with Gasteiger partial charge in [0.2, 0.25) is 5.71 Å². The lowest BCUT2D eigenvalue weighted by Gasteiger charge is -2.12. The van der Waals surface area contributed by atoms with Crippen LogP contribution in [0.1, 0.15) is 0 Å². The average Bonchev–Trinajstić information content (AvgIpc) is 3.74. The van der Waals surface area contributed by atoms with Crippen LogP contribution >= 0.6 is 0 Å². The second-order valence-corrected chi connectivity index (χ2v) is 12.8. The molecule has 0 spiro atoms. The molecule has 0 saturated heterocycles. The third-order valence-electron chi connectivity index (χ3n) is 9.85. The van der Waals surface area contributed by atoms with E-state index in [0.29, 0.717) is 5.71 Å². The third-order valence-corrected chi connectivity index (χ3v) is 9.85. The first-order chi connectivity index (χ1) is 24.8. The number of rotatable bonds is 5. The molecule has 0 aliphatic heterocycles. The first kappa shape index (κ1) is 28.3. The van der Waals surface area contributed by atoms with Crippen molar-refractivity contribution in [1.82, 2.24) is 9.55 Å². The van der Waals surface area contributed by atoms with Crippen molar-refractivity contribution in [1.29, 1.82) is 0 Å². The van der Waals surface area contributed by atoms with Crippen LogP contribution < -0.4 is 0 Å². The second-order valence-electron chi connectivity index (χ2n) is 12.8. The molecule has 3 nitrogen and oxygen atoms in total. The molecule has 0 N–H and O–H groups in total. The molecule has 50 heavy (non-hydrogen) atoms. The average molecular weight is 639 g/mol. The van der Waals surface area contributed by atoms with Crippen molar-refractivity contribution in [3.05, 3.63) is 182 Å². The zero-order chi connectivity index (χ0) is 33.0. The van der Waals surface area contributed by atoms with Crippen molar-refractivity contribution in [2.75, 3.05) is 0 Å². The van der Waals surface area contributed by atoms with E-state index in [0.717, 1.165) is 33.2 Å². The number of benzene rings is 7. The summed E-state index contributed by atoms with van der Waals surface area (Å²) in [6.45, 7) is 0. The van der Waals surface area contributed by atoms with E-state index in [1.54, 1.807) is 6.20 Å². The highest BCUT2D eigenvalue weighted by molar-refractivity contribution is 6.09. The first-order valence-electron chi connectivity index (χ1n) is 16.9. The summed E-state index contributed by atoms with van der Waals surface area (Å²) in [7, 11) is 0. The molecule has 0 aliphatic carbocycles. The van der Waals surface area contributed by atoms with Crippen molar-refractivity contribution in [3.8, 4) is 50.2 Å². The molecule has 0 fully saturated rings. The van der Waals surface area contributed by atoms with Gasteiger partial charge in [0.05, 0.1) is 11.0 Å². The Morgan fingerprint density at radius 1 is 0.360 bits per heavy atom. The van der Waals surface area contributed by atoms with E-state index in [2.05, 4.69) is 173 Å². The van der Waals surface area contributed by atoms with Crippen LogP contribution in [0, 0.1) is 0 Å². The SMILES string of the molecule is c1cc(-c2cccc(-c3cccc(-n4c5ccccc5c5ccccc54)c3)c2)cc(-c2cccc(-c3ccc4oc5ncccc5c4c3)c2)c1. The zero-order valence-electron chi connectivity index (χ0n) is 27.1. The number of nitrogens with zero attached hydrogens (tertiary/aromatic N) is 2. The molecule has 0 bridgehead atoms. The van der Waals surface area contributed by atoms with Crippen LogP contribution in [0.4, 0.5) is 0 Å². The molecule has 3 heterocycles. The van der Waals surface area contributed by atoms with Crippen LogP contribution in [0.25, 0.3) is 94.1 Å². The quantitative estimate of drug-likeness (QED) is 0.188. The number of hydrogen-bond donors (Lipinski definition) is 0. The van der Waals surface area contributed by atoms with E-state index in [9.17, 15) is 0 Å². The summed E-state index contributed by atoms with van der Waals surface area (Å²) in [6, 6.07) is 63.1. The topological polar surface area (TPSA) is 31.0 Å². The lowest BCUT2D eigenvalue weighted by molar-refractivity contribution is 0.654. The molecule has 10 aromatic rings. The van der Waals surface area contributed by atoms with E-state index in [1.165, 1.54) is 55.2 Å². The first-order valence-corrected chi connectivity index (χ1v) is 16.9. The van der Waals surface area contributed by atoms with Crippen LogP contribution in [-0.4, -0.2) is 9.55 Å². The Morgan fingerprint density at radius 3 is 1.42 bits per heavy atom. The van der Waals surface area contributed by atoms with Gasteiger partial charge in [-0.3, -0.25) is 0 Å². The number of pyridine rings is 1. The van der Waals surface area contributed by atoms with Gasteiger partial charge in [0.15, 0.2) is 0 Å². The highest BCUT2D eigenvalue weighted by atomic mass is 16.3. The Balaban J connectivity index is 0.996. The van der Waals surface area contributed by atoms with Crippen LogP contribution in [-0.2, 0) is 0 Å². The molecular weight excluding hydrogens is 609 g/mol. The van der Waals surface area contributed by atoms with E-state index in [4.69, 9.17) is 4.42 Å². The van der Waals surface area contributed by atoms with Crippen LogP contribution in [0.3, 0.4) is 0 Å². The molecule has 10 rings (SSSR count). The summed E-state index contributed by atoms with van der Waals surface area (Å²) in [5, 5.41) is 4.66. The van der Waals surface area contributed by atoms with Crippen molar-refractivity contribution < 1.29 is 4.42 Å². The van der Waals surface area contributed by atoms with Gasteiger partial charge in [-0.2, -0.15) is 0 Å². The van der Waals surface area contributed by atoms with Gasteiger partial charge >= 0.3 is 0 Å². The van der Waals surface area contributed by atoms with E-state index >= 15 is 0 Å². The molecular formula is C47H30N2O. The lowest BCUT2D eigenvalue weighted by Crippen LogP contribution is -1.94. The normalized spacial score (nSPS) is 11.6. The molecule has 3 aromatic heterocycles. The highest BCUT2D eigenvalue weighted by Crippen LogP contribution is 2.36. The fraction of sp³-hybridized carbons (Fsp3) is 0. The van der Waals surface area contributed by atoms with Gasteiger partial charge in [0.1, 0.15) is 5.58 Å². The monoisotopic (exact) mass is 638 g/mol. The molecule has 0 saturated carbocycles. The molecule has 0 amide bonds. The molecule has 0 atom stereocenters. The molecule has 234 valence electrons. The summed E-state index contributed by atoms with van der Waals surface area (Å²) in [6.07, 6.45) is 1.77. The molecule has 0 unspecified atom stereocenters. The Labute approximate surface area is 289 Å². The third kappa shape index (κ3) is 4.71. The second kappa shape index (κ2) is 11.5. The number of para-hydroxylation sites is 2. The minimum atomic E-state index is 0.671. The Kier molecular flexibility index (Phi) is 6.49. The minimum Gasteiger partial charge on any atom is -0.438 e. The van der Waals surface area contributed by atoms with Gasteiger partial charge in [-0.05, 0) is 111 Å². The summed E-state index contributed by atoms with van der Waals surface area (Å²) < 4.78 is 8.35. The maximum absolute atomic E-state index is 5.97. The summed E-state index contributed by atoms with van der Waals surface area (Å²) in [5.41, 5.74) is 14.5. The summed E-state index contributed by atoms with van der Waals surface area (Å²) in [4.78, 5) is 4.40. The van der Waals surface area contributed by atoms with Gasteiger partial charge in [-0.15, -0.1) is 0 Å². The Morgan fingerprint density at radius 2 is 0.840 bits per heavy atom. The van der Waals surface area contributed by atoms with Gasteiger partial charge in [-0.25, -0.2) is 4.98 Å². The Hall–Kier alpha value is -6.71. The van der Waals surface area contributed by atoms with Crippen molar-refractivity contribution in [2.24, 2.45) is 0 Å². The van der Waals surface area contributed by atoms with E-state index < -0.39 is 0 Å². The summed E-state index contributed by atoms with van der Waals surface area (Å²) >= 11 is 0. The van der Waals surface area contributed by atoms with E-state index in [-0.39, 0.29) is 0 Å². The lowest BCUT2D eigenvalue weighted by atomic mass is 9.94. The Bertz CT molecular complexity index is 2840. The number of hydrogen-bond acceptors (Lipinski definition) is 2. The van der Waals surface area contributed by atoms with Crippen LogP contribution in [0.15, 0.2) is 187 Å². The standard InChI is InChI=1S/C47H30N2O/c1-3-21-44-40(18-1)41-19-2-4-22-45(41)49(44)39-17-8-16-37(29-39)35-14-6-12-33(27-35)31-10-5-11-32(26-31)34-13-7-15-36(28-34)38-23-24-46-43(30-38)42-20-9-25-48-47(42)50-46/h1-30H. The number of fused-ring (bicyclic) bond motifs is 6. The minimum absolute atomic E-state index is 0.671. The molecule has 0 radical (unpaired) electrons. The number of furan rings is 1. The predicted octanol–water partition coefficient (Wildman–Crippen LogP) is 12.7. The highest BCUT2D eigenvalue weighted by Gasteiger charge is 2.13.